The van der Waals surface area contributed by atoms with Gasteiger partial charge in [0.2, 0.25) is 5.95 Å². The van der Waals surface area contributed by atoms with Gasteiger partial charge < -0.3 is 10.6 Å². The zero-order valence-corrected chi connectivity index (χ0v) is 19.1. The van der Waals surface area contributed by atoms with Gasteiger partial charge in [0.15, 0.2) is 0 Å². The number of hydrogen-bond acceptors (Lipinski definition) is 5. The number of para-hydroxylation sites is 1. The van der Waals surface area contributed by atoms with Crippen molar-refractivity contribution in [2.24, 2.45) is 0 Å². The van der Waals surface area contributed by atoms with Gasteiger partial charge in [-0.2, -0.15) is 5.10 Å². The van der Waals surface area contributed by atoms with Crippen LogP contribution < -0.4 is 10.6 Å². The van der Waals surface area contributed by atoms with Crippen molar-refractivity contribution in [1.82, 2.24) is 25.5 Å². The molecule has 8 heteroatoms. The highest BCUT2D eigenvalue weighted by Gasteiger charge is 2.25. The third kappa shape index (κ3) is 4.68. The molecular formula is C25H25ClN6O. The number of carbonyl (C=O) groups excluding carboxylic acids is 1. The molecule has 2 heterocycles. The quantitative estimate of drug-likeness (QED) is 0.383. The Kier molecular flexibility index (Phi) is 5.96. The number of aromatic amines is 1. The Morgan fingerprint density at radius 2 is 1.85 bits per heavy atom. The predicted molar refractivity (Wildman–Crippen MR) is 130 cm³/mol. The number of nitrogens with one attached hydrogen (secondary N) is 3. The van der Waals surface area contributed by atoms with Gasteiger partial charge >= 0.3 is 0 Å². The third-order valence-corrected chi connectivity index (χ3v) is 6.37. The SMILES string of the molecule is Cc1ccc(C(=O)N[C@H]2CCC[C@@H](Nc3ncc(Cl)c(-c4n[nH]c5ccccc45)n3)C2)cc1. The minimum atomic E-state index is -0.0314. The molecule has 1 fully saturated rings. The second-order valence-corrected chi connectivity index (χ2v) is 8.96. The molecule has 0 aliphatic heterocycles. The normalized spacial score (nSPS) is 18.2. The number of anilines is 1. The molecule has 1 aliphatic carbocycles. The molecule has 1 aliphatic rings. The lowest BCUT2D eigenvalue weighted by atomic mass is 9.91. The molecule has 7 nitrogen and oxygen atoms in total. The maximum Gasteiger partial charge on any atom is 0.251 e. The molecule has 33 heavy (non-hydrogen) atoms. The van der Waals surface area contributed by atoms with Crippen LogP contribution in [0, 0.1) is 6.92 Å². The summed E-state index contributed by atoms with van der Waals surface area (Å²) in [5, 5.41) is 15.5. The second-order valence-electron chi connectivity index (χ2n) is 8.55. The molecule has 2 aromatic carbocycles. The number of carbonyl (C=O) groups is 1. The van der Waals surface area contributed by atoms with Crippen LogP contribution >= 0.6 is 11.6 Å². The maximum atomic E-state index is 12.6. The Hall–Kier alpha value is -3.45. The first-order chi connectivity index (χ1) is 16.1. The summed E-state index contributed by atoms with van der Waals surface area (Å²) in [5.74, 6) is 0.480. The lowest BCUT2D eigenvalue weighted by molar-refractivity contribution is 0.0926. The molecule has 0 unspecified atom stereocenters. The van der Waals surface area contributed by atoms with Crippen molar-refractivity contribution in [2.45, 2.75) is 44.7 Å². The Balaban J connectivity index is 1.29. The van der Waals surface area contributed by atoms with E-state index in [-0.39, 0.29) is 18.0 Å². The summed E-state index contributed by atoms with van der Waals surface area (Å²) in [6.45, 7) is 2.01. The molecule has 2 aromatic heterocycles. The van der Waals surface area contributed by atoms with Crippen LogP contribution in [0.3, 0.4) is 0 Å². The van der Waals surface area contributed by atoms with E-state index in [1.165, 1.54) is 0 Å². The van der Waals surface area contributed by atoms with Gasteiger partial charge in [0, 0.05) is 23.0 Å². The van der Waals surface area contributed by atoms with Crippen molar-refractivity contribution in [3.05, 3.63) is 70.9 Å². The highest BCUT2D eigenvalue weighted by atomic mass is 35.5. The van der Waals surface area contributed by atoms with Gasteiger partial charge in [-0.25, -0.2) is 9.97 Å². The monoisotopic (exact) mass is 460 g/mol. The summed E-state index contributed by atoms with van der Waals surface area (Å²) in [6, 6.07) is 15.8. The molecule has 5 rings (SSSR count). The number of hydrogen-bond donors (Lipinski definition) is 3. The van der Waals surface area contributed by atoms with E-state index < -0.39 is 0 Å². The Morgan fingerprint density at radius 3 is 2.70 bits per heavy atom. The molecule has 0 saturated heterocycles. The fourth-order valence-electron chi connectivity index (χ4n) is 4.35. The van der Waals surface area contributed by atoms with Gasteiger partial charge in [-0.05, 0) is 50.8 Å². The first-order valence-corrected chi connectivity index (χ1v) is 11.5. The van der Waals surface area contributed by atoms with E-state index in [2.05, 4.69) is 30.8 Å². The molecule has 3 N–H and O–H groups in total. The van der Waals surface area contributed by atoms with Crippen molar-refractivity contribution in [3.8, 4) is 11.4 Å². The summed E-state index contributed by atoms with van der Waals surface area (Å²) < 4.78 is 0. The number of aryl methyl sites for hydroxylation is 1. The fraction of sp³-hybridized carbons (Fsp3) is 0.280. The standard InChI is InChI=1S/C25H25ClN6O/c1-15-9-11-16(12-10-15)24(33)28-17-5-4-6-18(13-17)29-25-27-14-20(26)23(30-25)22-19-7-2-3-8-21(19)31-32-22/h2-3,7-12,14,17-18H,4-6,13H2,1H3,(H,28,33)(H,31,32)(H,27,29,30)/t17-,18+/m0/s1. The molecule has 0 radical (unpaired) electrons. The molecule has 1 saturated carbocycles. The van der Waals surface area contributed by atoms with Crippen molar-refractivity contribution in [2.75, 3.05) is 5.32 Å². The van der Waals surface area contributed by atoms with E-state index >= 15 is 0 Å². The number of benzene rings is 2. The molecule has 168 valence electrons. The number of nitrogens with zero attached hydrogens (tertiary/aromatic N) is 3. The summed E-state index contributed by atoms with van der Waals surface area (Å²) in [5.41, 5.74) is 4.04. The van der Waals surface area contributed by atoms with Gasteiger partial charge in [0.25, 0.3) is 5.91 Å². The van der Waals surface area contributed by atoms with Gasteiger partial charge in [-0.1, -0.05) is 47.5 Å². The van der Waals surface area contributed by atoms with Gasteiger partial charge in [-0.15, -0.1) is 0 Å². The third-order valence-electron chi connectivity index (χ3n) is 6.10. The number of aromatic nitrogens is 4. The van der Waals surface area contributed by atoms with Crippen LogP contribution in [0.15, 0.2) is 54.7 Å². The summed E-state index contributed by atoms with van der Waals surface area (Å²) in [7, 11) is 0. The van der Waals surface area contributed by atoms with Crippen molar-refractivity contribution >= 4 is 34.4 Å². The Bertz CT molecular complexity index is 1290. The topological polar surface area (TPSA) is 95.6 Å². The molecular weight excluding hydrogens is 436 g/mol. The van der Waals surface area contributed by atoms with Crippen molar-refractivity contribution in [1.29, 1.82) is 0 Å². The van der Waals surface area contributed by atoms with Gasteiger partial charge in [-0.3, -0.25) is 9.89 Å². The maximum absolute atomic E-state index is 12.6. The van der Waals surface area contributed by atoms with E-state index in [1.54, 1.807) is 6.20 Å². The van der Waals surface area contributed by atoms with Crippen LogP contribution in [0.1, 0.15) is 41.6 Å². The number of halogens is 1. The van der Waals surface area contributed by atoms with Crippen LogP contribution in [0.4, 0.5) is 5.95 Å². The van der Waals surface area contributed by atoms with E-state index in [4.69, 9.17) is 11.6 Å². The van der Waals surface area contributed by atoms with Crippen LogP contribution in [0.2, 0.25) is 5.02 Å². The van der Waals surface area contributed by atoms with E-state index in [1.807, 2.05) is 55.5 Å². The zero-order chi connectivity index (χ0) is 22.8. The Labute approximate surface area is 197 Å². The van der Waals surface area contributed by atoms with Crippen LogP contribution in [-0.4, -0.2) is 38.2 Å². The molecule has 0 spiro atoms. The Morgan fingerprint density at radius 1 is 1.06 bits per heavy atom. The highest BCUT2D eigenvalue weighted by Crippen LogP contribution is 2.31. The minimum Gasteiger partial charge on any atom is -0.351 e. The number of H-pyrrole nitrogens is 1. The highest BCUT2D eigenvalue weighted by molar-refractivity contribution is 6.33. The summed E-state index contributed by atoms with van der Waals surface area (Å²) >= 11 is 6.43. The number of rotatable bonds is 5. The van der Waals surface area contributed by atoms with E-state index in [9.17, 15) is 4.79 Å². The molecule has 4 aromatic rings. The van der Waals surface area contributed by atoms with Crippen LogP contribution in [0.5, 0.6) is 0 Å². The predicted octanol–water partition coefficient (Wildman–Crippen LogP) is 5.13. The lowest BCUT2D eigenvalue weighted by Gasteiger charge is -2.30. The van der Waals surface area contributed by atoms with Crippen LogP contribution in [-0.2, 0) is 0 Å². The largest absolute Gasteiger partial charge is 0.351 e. The average molecular weight is 461 g/mol. The first kappa shape index (κ1) is 21.4. The summed E-state index contributed by atoms with van der Waals surface area (Å²) in [4.78, 5) is 21.7. The molecule has 1 amide bonds. The molecule has 0 bridgehead atoms. The number of amides is 1. The van der Waals surface area contributed by atoms with Crippen molar-refractivity contribution in [3.63, 3.8) is 0 Å². The smallest absolute Gasteiger partial charge is 0.251 e. The first-order valence-electron chi connectivity index (χ1n) is 11.2. The van der Waals surface area contributed by atoms with Gasteiger partial charge in [0.05, 0.1) is 16.7 Å². The number of fused-ring (bicyclic) bond motifs is 1. The van der Waals surface area contributed by atoms with Crippen molar-refractivity contribution < 1.29 is 4.79 Å². The fourth-order valence-corrected chi connectivity index (χ4v) is 4.54. The zero-order valence-electron chi connectivity index (χ0n) is 18.3. The van der Waals surface area contributed by atoms with Gasteiger partial charge in [0.1, 0.15) is 11.4 Å². The van der Waals surface area contributed by atoms with Crippen LogP contribution in [0.25, 0.3) is 22.3 Å². The minimum absolute atomic E-state index is 0.0314. The average Bonchev–Trinajstić information content (AvgIpc) is 3.25. The van der Waals surface area contributed by atoms with E-state index in [0.29, 0.717) is 27.9 Å². The van der Waals surface area contributed by atoms with E-state index in [0.717, 1.165) is 42.1 Å². The second kappa shape index (κ2) is 9.19. The molecule has 2 atom stereocenters. The summed E-state index contributed by atoms with van der Waals surface area (Å²) in [6.07, 6.45) is 5.38. The lowest BCUT2D eigenvalue weighted by Crippen LogP contribution is -2.42.